The molecule has 11 heavy (non-hydrogen) atoms. The van der Waals surface area contributed by atoms with Crippen molar-refractivity contribution in [1.29, 1.82) is 0 Å². The van der Waals surface area contributed by atoms with Gasteiger partial charge in [-0.1, -0.05) is 34.6 Å². The van der Waals surface area contributed by atoms with Gasteiger partial charge in [0, 0.05) is 16.1 Å². The van der Waals surface area contributed by atoms with Crippen molar-refractivity contribution in [2.45, 2.75) is 50.5 Å². The fourth-order valence-electron chi connectivity index (χ4n) is 1.15. The fraction of sp³-hybridized carbons (Fsp3) is 1.00. The summed E-state index contributed by atoms with van der Waals surface area (Å²) in [7, 11) is 0. The molecule has 0 aliphatic rings. The highest BCUT2D eigenvalue weighted by Crippen LogP contribution is 2.37. The van der Waals surface area contributed by atoms with E-state index in [-0.39, 0.29) is 11.4 Å². The van der Waals surface area contributed by atoms with E-state index in [9.17, 15) is 0 Å². The van der Waals surface area contributed by atoms with E-state index >= 15 is 0 Å². The molecule has 0 aromatic carbocycles. The molecule has 0 fully saturated rings. The van der Waals surface area contributed by atoms with Crippen LogP contribution >= 0.6 is 11.8 Å². The lowest BCUT2D eigenvalue weighted by Crippen LogP contribution is -2.24. The molecule has 0 saturated carbocycles. The molecule has 0 unspecified atom stereocenters. The Balaban J connectivity index is 3.91. The van der Waals surface area contributed by atoms with Crippen LogP contribution < -0.4 is 0 Å². The molecule has 0 atom stereocenters. The minimum atomic E-state index is 0.201. The van der Waals surface area contributed by atoms with E-state index in [2.05, 4.69) is 34.6 Å². The number of hydrogen-bond donors (Lipinski definition) is 1. The fourth-order valence-corrected chi connectivity index (χ4v) is 3.00. The lowest BCUT2D eigenvalue weighted by Gasteiger charge is -2.31. The maximum absolute atomic E-state index is 8.79. The Morgan fingerprint density at radius 3 is 1.82 bits per heavy atom. The van der Waals surface area contributed by atoms with Gasteiger partial charge >= 0.3 is 0 Å². The summed E-state index contributed by atoms with van der Waals surface area (Å²) in [6.45, 7) is 11.3. The first-order valence-corrected chi connectivity index (χ1v) is 4.89. The van der Waals surface area contributed by atoms with Gasteiger partial charge < -0.3 is 5.11 Å². The molecule has 0 spiro atoms. The van der Waals surface area contributed by atoms with Crippen LogP contribution in [0.2, 0.25) is 0 Å². The van der Waals surface area contributed by atoms with Gasteiger partial charge in [0.25, 0.3) is 0 Å². The molecule has 0 aliphatic heterocycles. The predicted molar refractivity (Wildman–Crippen MR) is 53.1 cm³/mol. The van der Waals surface area contributed by atoms with Gasteiger partial charge in [-0.15, -0.1) is 11.8 Å². The monoisotopic (exact) mass is 176 g/mol. The second-order valence-corrected chi connectivity index (χ2v) is 6.98. The van der Waals surface area contributed by atoms with Crippen LogP contribution in [0.15, 0.2) is 0 Å². The molecule has 68 valence electrons. The zero-order valence-electron chi connectivity index (χ0n) is 8.27. The van der Waals surface area contributed by atoms with Crippen molar-refractivity contribution in [1.82, 2.24) is 0 Å². The SMILES string of the molecule is CC(C)(C)SC(C)(C)CCO. The van der Waals surface area contributed by atoms with Gasteiger partial charge in [-0.2, -0.15) is 0 Å². The summed E-state index contributed by atoms with van der Waals surface area (Å²) in [5.41, 5.74) is 0. The van der Waals surface area contributed by atoms with Gasteiger partial charge in [-0.3, -0.25) is 0 Å². The quantitative estimate of drug-likeness (QED) is 0.713. The summed E-state index contributed by atoms with van der Waals surface area (Å²) in [6, 6.07) is 0. The maximum Gasteiger partial charge on any atom is 0.0444 e. The van der Waals surface area contributed by atoms with Gasteiger partial charge in [-0.05, 0) is 6.42 Å². The van der Waals surface area contributed by atoms with Crippen molar-refractivity contribution in [2.24, 2.45) is 0 Å². The van der Waals surface area contributed by atoms with Gasteiger partial charge in [0.05, 0.1) is 0 Å². The van der Waals surface area contributed by atoms with Crippen molar-refractivity contribution >= 4 is 11.8 Å². The average molecular weight is 176 g/mol. The Labute approximate surface area is 74.6 Å². The van der Waals surface area contributed by atoms with Crippen molar-refractivity contribution in [3.63, 3.8) is 0 Å². The van der Waals surface area contributed by atoms with E-state index in [0.717, 1.165) is 6.42 Å². The summed E-state index contributed by atoms with van der Waals surface area (Å²) in [6.07, 6.45) is 0.870. The molecule has 0 heterocycles. The Kier molecular flexibility index (Phi) is 3.92. The molecule has 0 bridgehead atoms. The zero-order chi connectivity index (χ0) is 9.12. The minimum Gasteiger partial charge on any atom is -0.396 e. The largest absolute Gasteiger partial charge is 0.396 e. The third kappa shape index (κ3) is 6.70. The summed E-state index contributed by atoms with van der Waals surface area (Å²) in [4.78, 5) is 0. The number of aliphatic hydroxyl groups excluding tert-OH is 1. The Hall–Kier alpha value is 0.310. The lowest BCUT2D eigenvalue weighted by atomic mass is 10.1. The standard InChI is InChI=1S/C9H20OS/c1-8(2,3)11-9(4,5)6-7-10/h10H,6-7H2,1-5H3. The van der Waals surface area contributed by atoms with Crippen LogP contribution in [0.3, 0.4) is 0 Å². The van der Waals surface area contributed by atoms with Crippen molar-refractivity contribution in [3.05, 3.63) is 0 Å². The maximum atomic E-state index is 8.79. The van der Waals surface area contributed by atoms with E-state index in [0.29, 0.717) is 4.75 Å². The average Bonchev–Trinajstić information content (AvgIpc) is 1.55. The van der Waals surface area contributed by atoms with E-state index in [1.165, 1.54) is 0 Å². The lowest BCUT2D eigenvalue weighted by molar-refractivity contribution is 0.275. The van der Waals surface area contributed by atoms with Gasteiger partial charge in [0.15, 0.2) is 0 Å². The molecule has 2 heteroatoms. The smallest absolute Gasteiger partial charge is 0.0444 e. The zero-order valence-corrected chi connectivity index (χ0v) is 9.09. The third-order valence-corrected chi connectivity index (χ3v) is 2.67. The van der Waals surface area contributed by atoms with Crippen LogP contribution in [0, 0.1) is 0 Å². The second-order valence-electron chi connectivity index (χ2n) is 4.45. The molecular formula is C9H20OS. The summed E-state index contributed by atoms with van der Waals surface area (Å²) < 4.78 is 0.492. The highest BCUT2D eigenvalue weighted by Gasteiger charge is 2.25. The molecule has 1 N–H and O–H groups in total. The molecule has 0 rings (SSSR count). The second kappa shape index (κ2) is 3.81. The van der Waals surface area contributed by atoms with Gasteiger partial charge in [0.1, 0.15) is 0 Å². The minimum absolute atomic E-state index is 0.201. The number of aliphatic hydroxyl groups is 1. The predicted octanol–water partition coefficient (Wildman–Crippen LogP) is 2.68. The van der Waals surface area contributed by atoms with Gasteiger partial charge in [-0.25, -0.2) is 0 Å². The first kappa shape index (κ1) is 11.3. The van der Waals surface area contributed by atoms with E-state index < -0.39 is 0 Å². The molecule has 0 saturated heterocycles. The van der Waals surface area contributed by atoms with E-state index in [1.54, 1.807) is 0 Å². The van der Waals surface area contributed by atoms with Crippen LogP contribution in [0.4, 0.5) is 0 Å². The molecular weight excluding hydrogens is 156 g/mol. The molecule has 0 aliphatic carbocycles. The van der Waals surface area contributed by atoms with Crippen molar-refractivity contribution < 1.29 is 5.11 Å². The summed E-state index contributed by atoms with van der Waals surface area (Å²) in [5.74, 6) is 0. The molecule has 0 amide bonds. The third-order valence-electron chi connectivity index (χ3n) is 1.30. The van der Waals surface area contributed by atoms with E-state index in [1.807, 2.05) is 11.8 Å². The molecule has 1 nitrogen and oxygen atoms in total. The molecule has 0 aromatic rings. The number of rotatable bonds is 3. The van der Waals surface area contributed by atoms with Crippen LogP contribution in [-0.2, 0) is 0 Å². The van der Waals surface area contributed by atoms with Crippen LogP contribution in [0.1, 0.15) is 41.0 Å². The summed E-state index contributed by atoms with van der Waals surface area (Å²) in [5, 5.41) is 8.79. The molecule has 0 aromatic heterocycles. The van der Waals surface area contributed by atoms with Gasteiger partial charge in [0.2, 0.25) is 0 Å². The topological polar surface area (TPSA) is 20.2 Å². The number of thioether (sulfide) groups is 1. The molecule has 0 radical (unpaired) electrons. The highest BCUT2D eigenvalue weighted by atomic mass is 32.2. The summed E-state index contributed by atoms with van der Waals surface area (Å²) >= 11 is 1.92. The first-order chi connectivity index (χ1) is 4.77. The van der Waals surface area contributed by atoms with Crippen LogP contribution in [0.5, 0.6) is 0 Å². The normalized spacial score (nSPS) is 13.6. The Morgan fingerprint density at radius 2 is 1.55 bits per heavy atom. The van der Waals surface area contributed by atoms with Crippen LogP contribution in [-0.4, -0.2) is 21.2 Å². The van der Waals surface area contributed by atoms with Crippen molar-refractivity contribution in [3.8, 4) is 0 Å². The first-order valence-electron chi connectivity index (χ1n) is 4.08. The van der Waals surface area contributed by atoms with Crippen molar-refractivity contribution in [2.75, 3.05) is 6.61 Å². The van der Waals surface area contributed by atoms with E-state index in [4.69, 9.17) is 5.11 Å². The number of hydrogen-bond acceptors (Lipinski definition) is 2. The Bertz CT molecular complexity index is 113. The Morgan fingerprint density at radius 1 is 1.09 bits per heavy atom. The van der Waals surface area contributed by atoms with Crippen LogP contribution in [0.25, 0.3) is 0 Å². The highest BCUT2D eigenvalue weighted by molar-refractivity contribution is 8.01.